The average molecular weight is 338 g/mol. The smallest absolute Gasteiger partial charge is 0.331 e. The highest BCUT2D eigenvalue weighted by Crippen LogP contribution is 2.28. The molecular formula is C19H18N2O4. The van der Waals surface area contributed by atoms with Crippen molar-refractivity contribution in [2.24, 2.45) is 0 Å². The third-order valence-electron chi connectivity index (χ3n) is 4.36. The van der Waals surface area contributed by atoms with Crippen molar-refractivity contribution in [2.75, 3.05) is 31.2 Å². The van der Waals surface area contributed by atoms with Gasteiger partial charge in [-0.2, -0.15) is 0 Å². The van der Waals surface area contributed by atoms with Gasteiger partial charge in [-0.25, -0.2) is 9.78 Å². The first-order valence-corrected chi connectivity index (χ1v) is 8.25. The van der Waals surface area contributed by atoms with Gasteiger partial charge in [0.15, 0.2) is 5.76 Å². The molecule has 25 heavy (non-hydrogen) atoms. The number of fused-ring (bicyclic) bond motifs is 1. The molecule has 0 saturated carbocycles. The number of nitrogens with zero attached hydrogens (tertiary/aromatic N) is 2. The fourth-order valence-corrected chi connectivity index (χ4v) is 2.99. The molecule has 0 atom stereocenters. The minimum Gasteiger partial charge on any atom is -0.478 e. The number of allylic oxidation sites excluding steroid dienone is 1. The molecule has 2 heterocycles. The Bertz CT molecular complexity index is 843. The lowest BCUT2D eigenvalue weighted by Gasteiger charge is -2.28. The van der Waals surface area contributed by atoms with Crippen LogP contribution in [0, 0.1) is 0 Å². The first kappa shape index (κ1) is 15.7. The largest absolute Gasteiger partial charge is 0.478 e. The minimum absolute atomic E-state index is 0.303. The van der Waals surface area contributed by atoms with Gasteiger partial charge in [-0.15, -0.1) is 0 Å². The number of oxazole rings is 1. The molecular weight excluding hydrogens is 320 g/mol. The fraction of sp³-hybridized carbons (Fsp3) is 0.263. The first-order valence-electron chi connectivity index (χ1n) is 8.25. The molecule has 0 bridgehead atoms. The molecule has 6 nitrogen and oxygen atoms in total. The van der Waals surface area contributed by atoms with E-state index >= 15 is 0 Å². The maximum Gasteiger partial charge on any atom is 0.331 e. The molecule has 0 radical (unpaired) electrons. The number of benzene rings is 1. The van der Waals surface area contributed by atoms with Gasteiger partial charge in [0.25, 0.3) is 0 Å². The second kappa shape index (κ2) is 6.57. The third-order valence-corrected chi connectivity index (χ3v) is 4.36. The van der Waals surface area contributed by atoms with E-state index in [0.717, 1.165) is 37.6 Å². The molecule has 2 aliphatic rings. The van der Waals surface area contributed by atoms with E-state index in [2.05, 4.69) is 9.88 Å². The lowest BCUT2D eigenvalue weighted by molar-refractivity contribution is -0.132. The minimum atomic E-state index is -0.933. The Kier molecular flexibility index (Phi) is 4.11. The summed E-state index contributed by atoms with van der Waals surface area (Å²) in [6.07, 6.45) is 5.50. The topological polar surface area (TPSA) is 75.8 Å². The SMILES string of the molecule is O=C(O)C1=Cc2nc(-c3ccc(N4CCOCC4)cc3)oc2C=CC1. The van der Waals surface area contributed by atoms with E-state index in [4.69, 9.17) is 9.15 Å². The van der Waals surface area contributed by atoms with Crippen molar-refractivity contribution < 1.29 is 19.1 Å². The first-order chi connectivity index (χ1) is 12.2. The second-order valence-electron chi connectivity index (χ2n) is 6.00. The van der Waals surface area contributed by atoms with Crippen LogP contribution in [-0.2, 0) is 9.53 Å². The number of morpholine rings is 1. The highest BCUT2D eigenvalue weighted by atomic mass is 16.5. The molecule has 1 N–H and O–H groups in total. The molecule has 1 aliphatic carbocycles. The summed E-state index contributed by atoms with van der Waals surface area (Å²) < 4.78 is 11.2. The Morgan fingerprint density at radius 2 is 1.92 bits per heavy atom. The predicted octanol–water partition coefficient (Wildman–Crippen LogP) is 3.06. The maximum absolute atomic E-state index is 11.2. The second-order valence-corrected chi connectivity index (χ2v) is 6.00. The molecule has 4 rings (SSSR count). The molecule has 2 aromatic rings. The van der Waals surface area contributed by atoms with Gasteiger partial charge >= 0.3 is 5.97 Å². The molecule has 1 fully saturated rings. The Hall–Kier alpha value is -2.86. The molecule has 128 valence electrons. The molecule has 0 spiro atoms. The van der Waals surface area contributed by atoms with Gasteiger partial charge < -0.3 is 19.2 Å². The number of anilines is 1. The quantitative estimate of drug-likeness (QED) is 0.927. The average Bonchev–Trinajstić information content (AvgIpc) is 2.94. The van der Waals surface area contributed by atoms with Crippen molar-refractivity contribution in [1.82, 2.24) is 4.98 Å². The number of aromatic nitrogens is 1. The Balaban J connectivity index is 1.61. The summed E-state index contributed by atoms with van der Waals surface area (Å²) in [6, 6.07) is 8.04. The lowest BCUT2D eigenvalue weighted by Crippen LogP contribution is -2.36. The molecule has 6 heteroatoms. The van der Waals surface area contributed by atoms with Crippen LogP contribution in [0.15, 0.2) is 40.3 Å². The number of rotatable bonds is 3. The van der Waals surface area contributed by atoms with Gasteiger partial charge in [0.05, 0.1) is 13.2 Å². The van der Waals surface area contributed by atoms with E-state index in [1.807, 2.05) is 24.3 Å². The van der Waals surface area contributed by atoms with Crippen LogP contribution in [0.3, 0.4) is 0 Å². The van der Waals surface area contributed by atoms with Crippen molar-refractivity contribution in [2.45, 2.75) is 6.42 Å². The number of carboxylic acid groups (broad SMARTS) is 1. The number of hydrogen-bond donors (Lipinski definition) is 1. The van der Waals surface area contributed by atoms with Gasteiger partial charge in [0.2, 0.25) is 5.89 Å². The number of hydrogen-bond acceptors (Lipinski definition) is 5. The van der Waals surface area contributed by atoms with E-state index in [-0.39, 0.29) is 0 Å². The van der Waals surface area contributed by atoms with Crippen molar-refractivity contribution in [3.63, 3.8) is 0 Å². The van der Waals surface area contributed by atoms with Crippen molar-refractivity contribution in [1.29, 1.82) is 0 Å². The summed E-state index contributed by atoms with van der Waals surface area (Å²) in [6.45, 7) is 3.28. The van der Waals surface area contributed by atoms with Gasteiger partial charge in [-0.3, -0.25) is 0 Å². The summed E-state index contributed by atoms with van der Waals surface area (Å²) >= 11 is 0. The summed E-state index contributed by atoms with van der Waals surface area (Å²) in [5.74, 6) is 0.145. The maximum atomic E-state index is 11.2. The van der Waals surface area contributed by atoms with E-state index in [1.54, 1.807) is 18.2 Å². The molecule has 1 saturated heterocycles. The van der Waals surface area contributed by atoms with Crippen LogP contribution in [0.4, 0.5) is 5.69 Å². The zero-order valence-electron chi connectivity index (χ0n) is 13.6. The van der Waals surface area contributed by atoms with Gasteiger partial charge in [0, 0.05) is 29.9 Å². The Morgan fingerprint density at radius 1 is 1.16 bits per heavy atom. The molecule has 0 amide bonds. The van der Waals surface area contributed by atoms with Crippen LogP contribution in [0.2, 0.25) is 0 Å². The fourth-order valence-electron chi connectivity index (χ4n) is 2.99. The normalized spacial score (nSPS) is 17.0. The number of aliphatic carboxylic acids is 1. The standard InChI is InChI=1S/C19H18N2O4/c22-19(23)14-2-1-3-17-16(12-14)20-18(25-17)13-4-6-15(7-5-13)21-8-10-24-11-9-21/h1,3-7,12H,2,8-11H2,(H,22,23). The van der Waals surface area contributed by atoms with Crippen LogP contribution in [0.1, 0.15) is 17.9 Å². The number of carboxylic acids is 1. The highest BCUT2D eigenvalue weighted by molar-refractivity contribution is 5.93. The van der Waals surface area contributed by atoms with Crippen molar-refractivity contribution in [3.05, 3.63) is 47.4 Å². The van der Waals surface area contributed by atoms with E-state index in [9.17, 15) is 9.90 Å². The van der Waals surface area contributed by atoms with Gasteiger partial charge in [-0.05, 0) is 42.8 Å². The summed E-state index contributed by atoms with van der Waals surface area (Å²) in [7, 11) is 0. The zero-order chi connectivity index (χ0) is 17.2. The van der Waals surface area contributed by atoms with Crippen LogP contribution in [0.25, 0.3) is 23.6 Å². The van der Waals surface area contributed by atoms with E-state index in [0.29, 0.717) is 29.3 Å². The monoisotopic (exact) mass is 338 g/mol. The van der Waals surface area contributed by atoms with E-state index in [1.165, 1.54) is 0 Å². The van der Waals surface area contributed by atoms with E-state index < -0.39 is 5.97 Å². The van der Waals surface area contributed by atoms with Crippen molar-refractivity contribution in [3.8, 4) is 11.5 Å². The Labute approximate surface area is 145 Å². The summed E-state index contributed by atoms with van der Waals surface area (Å²) in [5.41, 5.74) is 2.87. The highest BCUT2D eigenvalue weighted by Gasteiger charge is 2.17. The van der Waals surface area contributed by atoms with Crippen LogP contribution >= 0.6 is 0 Å². The summed E-state index contributed by atoms with van der Waals surface area (Å²) in [4.78, 5) is 18.0. The van der Waals surface area contributed by atoms with Crippen LogP contribution in [-0.4, -0.2) is 42.4 Å². The number of carbonyl (C=O) groups is 1. The van der Waals surface area contributed by atoms with Gasteiger partial charge in [-0.1, -0.05) is 6.08 Å². The Morgan fingerprint density at radius 3 is 2.64 bits per heavy atom. The molecule has 1 aliphatic heterocycles. The van der Waals surface area contributed by atoms with Crippen LogP contribution in [0.5, 0.6) is 0 Å². The lowest BCUT2D eigenvalue weighted by atomic mass is 10.1. The zero-order valence-corrected chi connectivity index (χ0v) is 13.6. The summed E-state index contributed by atoms with van der Waals surface area (Å²) in [5, 5.41) is 9.19. The molecule has 1 aromatic heterocycles. The van der Waals surface area contributed by atoms with Gasteiger partial charge in [0.1, 0.15) is 5.69 Å². The molecule has 0 unspecified atom stereocenters. The predicted molar refractivity (Wildman–Crippen MR) is 94.2 cm³/mol. The molecule has 1 aromatic carbocycles. The third kappa shape index (κ3) is 3.21. The number of ether oxygens (including phenoxy) is 1. The van der Waals surface area contributed by atoms with Crippen molar-refractivity contribution >= 4 is 23.8 Å². The van der Waals surface area contributed by atoms with Crippen LogP contribution < -0.4 is 4.90 Å².